The van der Waals surface area contributed by atoms with Crippen molar-refractivity contribution in [2.45, 2.75) is 94.1 Å². The molecule has 4 aliphatic rings. The van der Waals surface area contributed by atoms with Crippen LogP contribution in [0.5, 0.6) is 0 Å². The van der Waals surface area contributed by atoms with E-state index in [9.17, 15) is 41.6 Å². The molecule has 288 valence electrons. The molecule has 0 radical (unpaired) electrons. The SMILES string of the molecule is C=CC(=O)N(C)C[C@H](NC(=O)OC(C)(C)C)C(=O)N1C[C@H](OC(=O)N2Cc3cccc(F)c3C2)C[C@H]1C(=O)N[C@]1(C(=O)NS(=O)(=O)C2CC2)C[C@H]1C=C. The van der Waals surface area contributed by atoms with E-state index >= 15 is 0 Å². The average molecular weight is 761 g/mol. The third-order valence-corrected chi connectivity index (χ3v) is 11.4. The van der Waals surface area contributed by atoms with E-state index in [1.807, 2.05) is 0 Å². The van der Waals surface area contributed by atoms with Crippen molar-refractivity contribution in [1.29, 1.82) is 0 Å². The summed E-state index contributed by atoms with van der Waals surface area (Å²) in [7, 11) is -2.60. The van der Waals surface area contributed by atoms with Crippen LogP contribution in [0.3, 0.4) is 0 Å². The topological polar surface area (TPSA) is 201 Å². The minimum Gasteiger partial charge on any atom is -0.444 e. The molecule has 0 spiro atoms. The Morgan fingerprint density at radius 1 is 1.13 bits per heavy atom. The fourth-order valence-corrected chi connectivity index (χ4v) is 7.84. The van der Waals surface area contributed by atoms with Crippen molar-refractivity contribution < 1.29 is 51.0 Å². The van der Waals surface area contributed by atoms with Crippen molar-refractivity contribution in [2.24, 2.45) is 5.92 Å². The summed E-state index contributed by atoms with van der Waals surface area (Å²) in [6.07, 6.45) is 0.112. The zero-order valence-corrected chi connectivity index (χ0v) is 30.9. The predicted octanol–water partition coefficient (Wildman–Crippen LogP) is 1.45. The lowest BCUT2D eigenvalue weighted by atomic mass is 10.1. The molecule has 16 nitrogen and oxygen atoms in total. The molecule has 18 heteroatoms. The van der Waals surface area contributed by atoms with E-state index < -0.39 is 92.2 Å². The molecular weight excluding hydrogens is 715 g/mol. The highest BCUT2D eigenvalue weighted by molar-refractivity contribution is 7.91. The normalized spacial score (nSPS) is 23.9. The van der Waals surface area contributed by atoms with Gasteiger partial charge in [0.1, 0.15) is 35.1 Å². The number of amides is 6. The van der Waals surface area contributed by atoms with Crippen molar-refractivity contribution in [1.82, 2.24) is 30.1 Å². The van der Waals surface area contributed by atoms with Gasteiger partial charge < -0.3 is 29.9 Å². The number of sulfonamides is 1. The summed E-state index contributed by atoms with van der Waals surface area (Å²) in [4.78, 5) is 84.0. The van der Waals surface area contributed by atoms with Gasteiger partial charge in [0.15, 0.2) is 0 Å². The van der Waals surface area contributed by atoms with Crippen LogP contribution < -0.4 is 15.4 Å². The van der Waals surface area contributed by atoms with Gasteiger partial charge in [-0.2, -0.15) is 0 Å². The molecule has 6 amide bonds. The van der Waals surface area contributed by atoms with Crippen LogP contribution in [0.25, 0.3) is 0 Å². The predicted molar refractivity (Wildman–Crippen MR) is 186 cm³/mol. The van der Waals surface area contributed by atoms with Gasteiger partial charge in [0.25, 0.3) is 5.91 Å². The van der Waals surface area contributed by atoms with E-state index in [0.717, 1.165) is 15.9 Å². The van der Waals surface area contributed by atoms with Crippen LogP contribution in [0.4, 0.5) is 14.0 Å². The lowest BCUT2D eigenvalue weighted by molar-refractivity contribution is -0.142. The summed E-state index contributed by atoms with van der Waals surface area (Å²) in [5.74, 6) is -4.33. The van der Waals surface area contributed by atoms with Gasteiger partial charge in [-0.25, -0.2) is 22.4 Å². The number of likely N-dealkylation sites (tertiary alicyclic amines) is 1. The molecule has 1 saturated heterocycles. The quantitative estimate of drug-likeness (QED) is 0.207. The molecule has 3 fully saturated rings. The summed E-state index contributed by atoms with van der Waals surface area (Å²) in [5, 5.41) is 4.40. The molecule has 3 N–H and O–H groups in total. The zero-order valence-electron chi connectivity index (χ0n) is 30.1. The van der Waals surface area contributed by atoms with Gasteiger partial charge in [-0.1, -0.05) is 24.8 Å². The van der Waals surface area contributed by atoms with Crippen LogP contribution in [0.2, 0.25) is 0 Å². The number of hydrogen-bond donors (Lipinski definition) is 3. The number of alkyl carbamates (subject to hydrolysis) is 1. The van der Waals surface area contributed by atoms with Crippen LogP contribution in [0.1, 0.15) is 57.6 Å². The fourth-order valence-electron chi connectivity index (χ4n) is 6.48. The maximum atomic E-state index is 14.4. The van der Waals surface area contributed by atoms with Gasteiger partial charge in [0.2, 0.25) is 27.7 Å². The second-order valence-electron chi connectivity index (χ2n) is 14.8. The fraction of sp³-hybridized carbons (Fsp3) is 0.543. The van der Waals surface area contributed by atoms with E-state index in [-0.39, 0.29) is 39.0 Å². The van der Waals surface area contributed by atoms with Crippen molar-refractivity contribution in [3.8, 4) is 0 Å². The number of halogens is 1. The van der Waals surface area contributed by atoms with Crippen molar-refractivity contribution in [3.63, 3.8) is 0 Å². The van der Waals surface area contributed by atoms with E-state index in [2.05, 4.69) is 28.5 Å². The Kier molecular flexibility index (Phi) is 10.9. The number of fused-ring (bicyclic) bond motifs is 1. The minimum atomic E-state index is -3.98. The van der Waals surface area contributed by atoms with Gasteiger partial charge in [-0.15, -0.1) is 6.58 Å². The van der Waals surface area contributed by atoms with Crippen LogP contribution in [0.15, 0.2) is 43.5 Å². The first-order valence-electron chi connectivity index (χ1n) is 17.2. The smallest absolute Gasteiger partial charge is 0.410 e. The van der Waals surface area contributed by atoms with Crippen LogP contribution in [-0.4, -0.2) is 114 Å². The van der Waals surface area contributed by atoms with Gasteiger partial charge in [0, 0.05) is 31.5 Å². The molecule has 53 heavy (non-hydrogen) atoms. The molecule has 2 saturated carbocycles. The first-order chi connectivity index (χ1) is 24.8. The molecule has 5 rings (SSSR count). The second-order valence-corrected chi connectivity index (χ2v) is 16.7. The molecule has 0 aromatic heterocycles. The number of carbonyl (C=O) groups excluding carboxylic acids is 6. The van der Waals surface area contributed by atoms with Gasteiger partial charge in [-0.05, 0) is 57.7 Å². The molecule has 0 unspecified atom stereocenters. The molecule has 5 atom stereocenters. The van der Waals surface area contributed by atoms with E-state index in [1.165, 1.54) is 30.2 Å². The minimum absolute atomic E-state index is 0.0384. The van der Waals surface area contributed by atoms with E-state index in [4.69, 9.17) is 9.47 Å². The lowest BCUT2D eigenvalue weighted by Crippen LogP contribution is -2.60. The van der Waals surface area contributed by atoms with Gasteiger partial charge in [0.05, 0.1) is 24.9 Å². The van der Waals surface area contributed by atoms with Crippen LogP contribution in [-0.2, 0) is 51.8 Å². The van der Waals surface area contributed by atoms with Crippen molar-refractivity contribution in [2.75, 3.05) is 20.1 Å². The number of rotatable bonds is 12. The Bertz CT molecular complexity index is 1830. The summed E-state index contributed by atoms with van der Waals surface area (Å²) >= 11 is 0. The Morgan fingerprint density at radius 3 is 2.42 bits per heavy atom. The summed E-state index contributed by atoms with van der Waals surface area (Å²) in [6, 6.07) is 1.63. The summed E-state index contributed by atoms with van der Waals surface area (Å²) in [6.45, 7) is 11.3. The van der Waals surface area contributed by atoms with Crippen LogP contribution >= 0.6 is 0 Å². The highest BCUT2D eigenvalue weighted by Crippen LogP contribution is 2.45. The summed E-state index contributed by atoms with van der Waals surface area (Å²) < 4.78 is 52.8. The Labute approximate surface area is 307 Å². The first kappa shape index (κ1) is 39.2. The maximum absolute atomic E-state index is 14.4. The first-order valence-corrected chi connectivity index (χ1v) is 18.7. The van der Waals surface area contributed by atoms with Crippen molar-refractivity contribution in [3.05, 3.63) is 60.5 Å². The maximum Gasteiger partial charge on any atom is 0.410 e. The Hall–Kier alpha value is -5.00. The van der Waals surface area contributed by atoms with Crippen LogP contribution in [0, 0.1) is 11.7 Å². The number of ether oxygens (including phenoxy) is 2. The molecule has 1 aromatic rings. The Morgan fingerprint density at radius 2 is 1.83 bits per heavy atom. The highest BCUT2D eigenvalue weighted by Gasteiger charge is 2.62. The largest absolute Gasteiger partial charge is 0.444 e. The average Bonchev–Trinajstić information content (AvgIpc) is 3.97. The number of carbonyl (C=O) groups is 6. The molecule has 1 aromatic carbocycles. The molecule has 0 bridgehead atoms. The van der Waals surface area contributed by atoms with Gasteiger partial charge in [-0.3, -0.25) is 28.8 Å². The Balaban J connectivity index is 1.40. The number of likely N-dealkylation sites (N-methyl/N-ethyl adjacent to an activating group) is 1. The van der Waals surface area contributed by atoms with Crippen molar-refractivity contribution >= 4 is 45.8 Å². The standard InChI is InChI=1S/C35H45FN6O10S/c1-7-21-15-35(21,31(46)39-53(49,50)23-12-13-23)38-29(44)27-14-22(51-33(48)41-16-20-10-9-11-25(36)24(20)18-41)17-42(27)30(45)26(19-40(6)28(43)8-2)37-32(47)52-34(3,4)5/h7-11,21-23,26-27H,1-2,12-19H2,3-6H3,(H,37,47)(H,38,44)(H,39,46)/t21-,22-,26+,27+,35-/m1/s1. The summed E-state index contributed by atoms with van der Waals surface area (Å²) in [5.41, 5.74) is -1.69. The number of benzene rings is 1. The third kappa shape index (κ3) is 8.80. The number of hydrogen-bond acceptors (Lipinski definition) is 10. The number of nitrogens with one attached hydrogen (secondary N) is 3. The molecule has 2 aliphatic carbocycles. The third-order valence-electron chi connectivity index (χ3n) is 9.55. The van der Waals surface area contributed by atoms with E-state index in [0.29, 0.717) is 24.0 Å². The van der Waals surface area contributed by atoms with Gasteiger partial charge >= 0.3 is 12.2 Å². The molecular formula is C35H45FN6O10S. The van der Waals surface area contributed by atoms with E-state index in [1.54, 1.807) is 26.8 Å². The zero-order chi connectivity index (χ0) is 39.0. The highest BCUT2D eigenvalue weighted by atomic mass is 32.2. The number of nitrogens with zero attached hydrogens (tertiary/aromatic N) is 3. The molecule has 2 aliphatic heterocycles. The second kappa shape index (κ2) is 14.8. The molecule has 2 heterocycles. The monoisotopic (exact) mass is 760 g/mol. The lowest BCUT2D eigenvalue weighted by Gasteiger charge is -2.31.